The van der Waals surface area contributed by atoms with Gasteiger partial charge in [0.05, 0.1) is 16.8 Å². The first-order chi connectivity index (χ1) is 12.3. The number of nitrogens with one attached hydrogen (secondary N) is 2. The van der Waals surface area contributed by atoms with E-state index in [1.165, 1.54) is 12.1 Å². The summed E-state index contributed by atoms with van der Waals surface area (Å²) in [7, 11) is 0. The van der Waals surface area contributed by atoms with Crippen molar-refractivity contribution < 1.29 is 27.5 Å². The number of carbonyl (C=O) groups excluding carboxylic acids is 2. The van der Waals surface area contributed by atoms with E-state index in [9.17, 15) is 22.8 Å². The van der Waals surface area contributed by atoms with E-state index < -0.39 is 23.2 Å². The SMILES string of the molecule is Cc1cc2c(c(NC(=O)c3ccccc3C(F)(F)F)c1)OCC(=O)NC2. The van der Waals surface area contributed by atoms with Crippen LogP contribution < -0.4 is 15.4 Å². The van der Waals surface area contributed by atoms with Gasteiger partial charge in [-0.15, -0.1) is 0 Å². The van der Waals surface area contributed by atoms with E-state index in [-0.39, 0.29) is 30.5 Å². The first kappa shape index (κ1) is 17.8. The molecule has 0 atom stereocenters. The van der Waals surface area contributed by atoms with Crippen molar-refractivity contribution in [1.29, 1.82) is 0 Å². The third-order valence-corrected chi connectivity index (χ3v) is 3.86. The fraction of sp³-hybridized carbons (Fsp3) is 0.222. The third kappa shape index (κ3) is 3.63. The summed E-state index contributed by atoms with van der Waals surface area (Å²) in [5.41, 5.74) is 0.115. The topological polar surface area (TPSA) is 67.4 Å². The van der Waals surface area contributed by atoms with Gasteiger partial charge in [-0.2, -0.15) is 13.2 Å². The molecule has 0 unspecified atom stereocenters. The van der Waals surface area contributed by atoms with Crippen molar-refractivity contribution in [3.63, 3.8) is 0 Å². The maximum Gasteiger partial charge on any atom is 0.417 e. The van der Waals surface area contributed by atoms with Crippen molar-refractivity contribution in [3.8, 4) is 5.75 Å². The molecule has 2 amide bonds. The average Bonchev–Trinajstić information content (AvgIpc) is 2.76. The van der Waals surface area contributed by atoms with E-state index in [4.69, 9.17) is 4.74 Å². The van der Waals surface area contributed by atoms with Crippen LogP contribution in [-0.4, -0.2) is 18.4 Å². The number of alkyl halides is 3. The van der Waals surface area contributed by atoms with Gasteiger partial charge >= 0.3 is 6.18 Å². The van der Waals surface area contributed by atoms with E-state index in [0.29, 0.717) is 5.56 Å². The van der Waals surface area contributed by atoms with Crippen LogP contribution in [0.25, 0.3) is 0 Å². The Kier molecular flexibility index (Phi) is 4.58. The molecule has 0 spiro atoms. The molecule has 26 heavy (non-hydrogen) atoms. The summed E-state index contributed by atoms with van der Waals surface area (Å²) < 4.78 is 44.8. The number of ether oxygens (including phenoxy) is 1. The fourth-order valence-electron chi connectivity index (χ4n) is 2.74. The zero-order valence-electron chi connectivity index (χ0n) is 13.7. The molecule has 5 nitrogen and oxygen atoms in total. The van der Waals surface area contributed by atoms with Crippen LogP contribution in [0.4, 0.5) is 18.9 Å². The van der Waals surface area contributed by atoms with Gasteiger partial charge < -0.3 is 15.4 Å². The van der Waals surface area contributed by atoms with Crippen LogP contribution in [0.1, 0.15) is 27.0 Å². The summed E-state index contributed by atoms with van der Waals surface area (Å²) in [4.78, 5) is 24.0. The van der Waals surface area contributed by atoms with Crippen LogP contribution in [0.5, 0.6) is 5.75 Å². The quantitative estimate of drug-likeness (QED) is 0.860. The Hall–Kier alpha value is -3.03. The number of anilines is 1. The van der Waals surface area contributed by atoms with E-state index in [1.807, 2.05) is 0 Å². The smallest absolute Gasteiger partial charge is 0.417 e. The molecule has 0 saturated heterocycles. The molecule has 136 valence electrons. The summed E-state index contributed by atoms with van der Waals surface area (Å²) in [6.45, 7) is 1.74. The lowest BCUT2D eigenvalue weighted by Gasteiger charge is -2.16. The predicted octanol–water partition coefficient (Wildman–Crippen LogP) is 3.27. The van der Waals surface area contributed by atoms with Crippen molar-refractivity contribution in [2.45, 2.75) is 19.6 Å². The van der Waals surface area contributed by atoms with E-state index >= 15 is 0 Å². The molecule has 2 aromatic rings. The van der Waals surface area contributed by atoms with Gasteiger partial charge in [0.2, 0.25) is 0 Å². The van der Waals surface area contributed by atoms with Gasteiger partial charge in [0.1, 0.15) is 5.75 Å². The molecule has 3 rings (SSSR count). The largest absolute Gasteiger partial charge is 0.481 e. The molecule has 0 aromatic heterocycles. The highest BCUT2D eigenvalue weighted by Gasteiger charge is 2.35. The number of rotatable bonds is 2. The number of benzene rings is 2. The summed E-state index contributed by atoms with van der Waals surface area (Å²) in [5.74, 6) is -0.955. The van der Waals surface area contributed by atoms with Crippen LogP contribution in [0, 0.1) is 6.92 Å². The minimum Gasteiger partial charge on any atom is -0.481 e. The molecule has 0 fully saturated rings. The van der Waals surface area contributed by atoms with Crippen molar-refractivity contribution in [2.24, 2.45) is 0 Å². The Balaban J connectivity index is 1.97. The molecule has 1 aliphatic heterocycles. The lowest BCUT2D eigenvalue weighted by Crippen LogP contribution is -2.25. The number of fused-ring (bicyclic) bond motifs is 1. The Labute approximate surface area is 147 Å². The summed E-state index contributed by atoms with van der Waals surface area (Å²) in [5, 5.41) is 5.12. The number of aryl methyl sites for hydroxylation is 1. The number of amides is 2. The van der Waals surface area contributed by atoms with Gasteiger partial charge in [-0.25, -0.2) is 0 Å². The Morgan fingerprint density at radius 3 is 2.69 bits per heavy atom. The van der Waals surface area contributed by atoms with Crippen LogP contribution >= 0.6 is 0 Å². The zero-order valence-corrected chi connectivity index (χ0v) is 13.7. The van der Waals surface area contributed by atoms with Crippen molar-refractivity contribution in [2.75, 3.05) is 11.9 Å². The molecule has 8 heteroatoms. The van der Waals surface area contributed by atoms with E-state index in [1.54, 1.807) is 19.1 Å². The van der Waals surface area contributed by atoms with Gasteiger partial charge in [0.25, 0.3) is 11.8 Å². The molecule has 1 heterocycles. The predicted molar refractivity (Wildman–Crippen MR) is 87.9 cm³/mol. The highest BCUT2D eigenvalue weighted by atomic mass is 19.4. The second-order valence-corrected chi connectivity index (χ2v) is 5.86. The highest BCUT2D eigenvalue weighted by molar-refractivity contribution is 6.06. The molecular weight excluding hydrogens is 349 g/mol. The van der Waals surface area contributed by atoms with Crippen LogP contribution in [-0.2, 0) is 17.5 Å². The molecule has 2 N–H and O–H groups in total. The van der Waals surface area contributed by atoms with Gasteiger partial charge in [-0.05, 0) is 30.7 Å². The van der Waals surface area contributed by atoms with Gasteiger partial charge in [0, 0.05) is 12.1 Å². The first-order valence-corrected chi connectivity index (χ1v) is 7.76. The second-order valence-electron chi connectivity index (χ2n) is 5.86. The number of carbonyl (C=O) groups is 2. The maximum absolute atomic E-state index is 13.1. The summed E-state index contributed by atoms with van der Waals surface area (Å²) in [6, 6.07) is 7.91. The lowest BCUT2D eigenvalue weighted by molar-refractivity contribution is -0.137. The minimum atomic E-state index is -4.65. The van der Waals surface area contributed by atoms with Crippen LogP contribution in [0.15, 0.2) is 36.4 Å². The standard InChI is InChI=1S/C18H15F3N2O3/c1-10-6-11-8-22-15(24)9-26-16(11)14(7-10)23-17(25)12-4-2-3-5-13(12)18(19,20)21/h2-7H,8-9H2,1H3,(H,22,24)(H,23,25). The first-order valence-electron chi connectivity index (χ1n) is 7.76. The molecule has 0 bridgehead atoms. The van der Waals surface area contributed by atoms with Crippen LogP contribution in [0.3, 0.4) is 0 Å². The molecular formula is C18H15F3N2O3. The number of hydrogen-bond donors (Lipinski definition) is 2. The molecule has 0 radical (unpaired) electrons. The van der Waals surface area contributed by atoms with Crippen LogP contribution in [0.2, 0.25) is 0 Å². The Morgan fingerprint density at radius 2 is 1.96 bits per heavy atom. The fourth-order valence-corrected chi connectivity index (χ4v) is 2.74. The maximum atomic E-state index is 13.1. The monoisotopic (exact) mass is 364 g/mol. The summed E-state index contributed by atoms with van der Waals surface area (Å²) in [6.07, 6.45) is -4.65. The lowest BCUT2D eigenvalue weighted by atomic mass is 10.1. The third-order valence-electron chi connectivity index (χ3n) is 3.86. The van der Waals surface area contributed by atoms with Gasteiger partial charge in [0.15, 0.2) is 6.61 Å². The van der Waals surface area contributed by atoms with E-state index in [2.05, 4.69) is 10.6 Å². The van der Waals surface area contributed by atoms with Crippen molar-refractivity contribution >= 4 is 17.5 Å². The molecule has 0 aliphatic carbocycles. The molecule has 0 saturated carbocycles. The molecule has 2 aromatic carbocycles. The highest BCUT2D eigenvalue weighted by Crippen LogP contribution is 2.35. The Morgan fingerprint density at radius 1 is 1.23 bits per heavy atom. The number of hydrogen-bond acceptors (Lipinski definition) is 3. The van der Waals surface area contributed by atoms with Gasteiger partial charge in [-0.3, -0.25) is 9.59 Å². The van der Waals surface area contributed by atoms with Crippen molar-refractivity contribution in [1.82, 2.24) is 5.32 Å². The Bertz CT molecular complexity index is 878. The van der Waals surface area contributed by atoms with Crippen molar-refractivity contribution in [3.05, 3.63) is 58.7 Å². The minimum absolute atomic E-state index is 0.206. The molecule has 1 aliphatic rings. The summed E-state index contributed by atoms with van der Waals surface area (Å²) >= 11 is 0. The number of halogens is 3. The normalized spacial score (nSPS) is 13.9. The zero-order chi connectivity index (χ0) is 18.9. The van der Waals surface area contributed by atoms with Gasteiger partial charge in [-0.1, -0.05) is 18.2 Å². The average molecular weight is 364 g/mol. The second kappa shape index (κ2) is 6.70. The van der Waals surface area contributed by atoms with E-state index in [0.717, 1.165) is 17.7 Å².